The van der Waals surface area contributed by atoms with E-state index in [1.165, 1.54) is 6.07 Å². The van der Waals surface area contributed by atoms with E-state index in [-0.39, 0.29) is 22.2 Å². The highest BCUT2D eigenvalue weighted by Gasteiger charge is 2.21. The van der Waals surface area contributed by atoms with Crippen molar-refractivity contribution >= 4 is 33.5 Å². The van der Waals surface area contributed by atoms with Gasteiger partial charge in [-0.05, 0) is 41.4 Å². The van der Waals surface area contributed by atoms with Crippen molar-refractivity contribution in [2.75, 3.05) is 0 Å². The molecule has 5 nitrogen and oxygen atoms in total. The molecule has 1 N–H and O–H groups in total. The molecule has 0 atom stereocenters. The molecule has 0 fully saturated rings. The fourth-order valence-electron chi connectivity index (χ4n) is 1.60. The minimum Gasteiger partial charge on any atom is -0.477 e. The van der Waals surface area contributed by atoms with Crippen LogP contribution in [-0.4, -0.2) is 21.3 Å². The van der Waals surface area contributed by atoms with Gasteiger partial charge in [-0.3, -0.25) is 0 Å². The van der Waals surface area contributed by atoms with E-state index in [0.29, 0.717) is 15.7 Å². The molecule has 0 aliphatic carbocycles. The average Bonchev–Trinajstić information content (AvgIpc) is 2.40. The lowest BCUT2D eigenvalue weighted by atomic mass is 10.1. The minimum atomic E-state index is -1.20. The third-order valence-corrected chi connectivity index (χ3v) is 3.73. The first-order valence-electron chi connectivity index (χ1n) is 5.70. The number of carboxylic acid groups (broad SMARTS) is 1. The molecule has 0 aliphatic heterocycles. The molecule has 0 bridgehead atoms. The van der Waals surface area contributed by atoms with Crippen molar-refractivity contribution < 1.29 is 19.0 Å². The van der Waals surface area contributed by atoms with Gasteiger partial charge < -0.3 is 9.84 Å². The third-order valence-electron chi connectivity index (χ3n) is 2.82. The molecule has 8 heteroatoms. The summed E-state index contributed by atoms with van der Waals surface area (Å²) in [6, 6.07) is 2.34. The highest BCUT2D eigenvalue weighted by molar-refractivity contribution is 9.10. The molecule has 110 valence electrons. The van der Waals surface area contributed by atoms with E-state index in [1.807, 2.05) is 0 Å². The topological polar surface area (TPSA) is 72.3 Å². The molecule has 21 heavy (non-hydrogen) atoms. The Balaban J connectivity index is 2.52. The summed E-state index contributed by atoms with van der Waals surface area (Å²) in [5, 5.41) is 16.7. The van der Waals surface area contributed by atoms with Gasteiger partial charge in [-0.2, -0.15) is 5.10 Å². The van der Waals surface area contributed by atoms with Crippen molar-refractivity contribution in [2.45, 2.75) is 13.8 Å². The molecule has 2 rings (SSSR count). The lowest BCUT2D eigenvalue weighted by molar-refractivity contribution is 0.0692. The lowest BCUT2D eigenvalue weighted by Crippen LogP contribution is -2.08. The lowest BCUT2D eigenvalue weighted by Gasteiger charge is -2.11. The van der Waals surface area contributed by atoms with Crippen LogP contribution in [0, 0.1) is 19.7 Å². The van der Waals surface area contributed by atoms with Gasteiger partial charge in [0, 0.05) is 6.07 Å². The Hall–Kier alpha value is -1.73. The number of rotatable bonds is 3. The number of aromatic carboxylic acids is 1. The van der Waals surface area contributed by atoms with Crippen LogP contribution in [0.25, 0.3) is 0 Å². The number of hydrogen-bond acceptors (Lipinski definition) is 4. The number of hydrogen-bond donors (Lipinski definition) is 1. The monoisotopic (exact) mass is 374 g/mol. The summed E-state index contributed by atoms with van der Waals surface area (Å²) in [7, 11) is 0. The predicted octanol–water partition coefficient (Wildman–Crippen LogP) is 4.14. The van der Waals surface area contributed by atoms with Crippen molar-refractivity contribution in [1.82, 2.24) is 10.2 Å². The van der Waals surface area contributed by atoms with Crippen LogP contribution < -0.4 is 4.74 Å². The van der Waals surface area contributed by atoms with Gasteiger partial charge in [0.25, 0.3) is 5.88 Å². The molecule has 0 unspecified atom stereocenters. The summed E-state index contributed by atoms with van der Waals surface area (Å²) < 4.78 is 19.2. The number of benzene rings is 1. The van der Waals surface area contributed by atoms with Crippen LogP contribution in [-0.2, 0) is 0 Å². The van der Waals surface area contributed by atoms with Gasteiger partial charge in [-0.1, -0.05) is 11.6 Å². The zero-order chi connectivity index (χ0) is 15.7. The Labute approximate surface area is 132 Å². The normalized spacial score (nSPS) is 10.5. The second-order valence-corrected chi connectivity index (χ2v) is 5.46. The molecule has 0 saturated carbocycles. The molecular formula is C13H9BrClFN2O3. The fraction of sp³-hybridized carbons (Fsp3) is 0.154. The Morgan fingerprint density at radius 3 is 2.67 bits per heavy atom. The summed E-state index contributed by atoms with van der Waals surface area (Å²) in [5.74, 6) is -2.06. The third kappa shape index (κ3) is 3.14. The van der Waals surface area contributed by atoms with E-state index in [2.05, 4.69) is 26.1 Å². The van der Waals surface area contributed by atoms with E-state index in [4.69, 9.17) is 16.3 Å². The molecule has 0 amide bonds. The summed E-state index contributed by atoms with van der Waals surface area (Å²) in [4.78, 5) is 11.3. The van der Waals surface area contributed by atoms with Crippen LogP contribution in [0.2, 0.25) is 5.02 Å². The maximum absolute atomic E-state index is 13.5. The van der Waals surface area contributed by atoms with E-state index < -0.39 is 11.8 Å². The molecule has 0 radical (unpaired) electrons. The Kier molecular flexibility index (Phi) is 4.43. The highest BCUT2D eigenvalue weighted by atomic mass is 79.9. The van der Waals surface area contributed by atoms with Crippen molar-refractivity contribution in [3.63, 3.8) is 0 Å². The Bertz CT molecular complexity index is 740. The molecule has 1 heterocycles. The van der Waals surface area contributed by atoms with Gasteiger partial charge in [-0.15, -0.1) is 5.10 Å². The molecular weight excluding hydrogens is 367 g/mol. The summed E-state index contributed by atoms with van der Waals surface area (Å²) in [6.45, 7) is 3.23. The van der Waals surface area contributed by atoms with Gasteiger partial charge in [0.1, 0.15) is 17.1 Å². The van der Waals surface area contributed by atoms with Crippen molar-refractivity contribution in [2.24, 2.45) is 0 Å². The van der Waals surface area contributed by atoms with Crippen LogP contribution in [0.4, 0.5) is 4.39 Å². The Morgan fingerprint density at radius 1 is 1.38 bits per heavy atom. The molecule has 0 saturated heterocycles. The van der Waals surface area contributed by atoms with Gasteiger partial charge in [-0.25, -0.2) is 9.18 Å². The van der Waals surface area contributed by atoms with Crippen LogP contribution in [0.15, 0.2) is 16.6 Å². The van der Waals surface area contributed by atoms with Crippen LogP contribution in [0.1, 0.15) is 21.6 Å². The van der Waals surface area contributed by atoms with Gasteiger partial charge in [0.2, 0.25) is 0 Å². The number of carboxylic acids is 1. The summed E-state index contributed by atoms with van der Waals surface area (Å²) >= 11 is 8.80. The first-order valence-corrected chi connectivity index (χ1v) is 6.88. The summed E-state index contributed by atoms with van der Waals surface area (Å²) in [5.41, 5.74) is 0.781. The number of aryl methyl sites for hydroxylation is 1. The molecule has 2 aromatic rings. The quantitative estimate of drug-likeness (QED) is 0.816. The highest BCUT2D eigenvalue weighted by Crippen LogP contribution is 2.34. The Morgan fingerprint density at radius 2 is 2.05 bits per heavy atom. The molecule has 1 aromatic carbocycles. The number of ether oxygens (including phenoxy) is 1. The molecule has 1 aromatic heterocycles. The van der Waals surface area contributed by atoms with E-state index in [1.54, 1.807) is 13.8 Å². The number of carbonyl (C=O) groups is 1. The summed E-state index contributed by atoms with van der Waals surface area (Å²) in [6.07, 6.45) is 0. The van der Waals surface area contributed by atoms with Gasteiger partial charge in [0.05, 0.1) is 15.2 Å². The number of halogens is 3. The SMILES string of the molecule is Cc1nnc(Oc2cc(F)c(Cl)cc2Br)c(C(=O)O)c1C. The number of aromatic nitrogens is 2. The van der Waals surface area contributed by atoms with Crippen molar-refractivity contribution in [1.29, 1.82) is 0 Å². The standard InChI is InChI=1S/C13H9BrClFN2O3/c1-5-6(2)17-18-12(11(5)13(19)20)21-10-4-9(16)8(15)3-7(10)14/h3-4H,1-2H3,(H,19,20). The van der Waals surface area contributed by atoms with E-state index in [0.717, 1.165) is 6.07 Å². The smallest absolute Gasteiger partial charge is 0.341 e. The second kappa shape index (κ2) is 5.95. The van der Waals surface area contributed by atoms with Crippen molar-refractivity contribution in [3.8, 4) is 11.6 Å². The first kappa shape index (κ1) is 15.7. The fourth-order valence-corrected chi connectivity index (χ4v) is 2.32. The van der Waals surface area contributed by atoms with Crippen molar-refractivity contribution in [3.05, 3.63) is 44.3 Å². The largest absolute Gasteiger partial charge is 0.477 e. The van der Waals surface area contributed by atoms with Gasteiger partial charge >= 0.3 is 5.97 Å². The zero-order valence-corrected chi connectivity index (χ0v) is 13.3. The molecule has 0 spiro atoms. The first-order chi connectivity index (χ1) is 9.81. The van der Waals surface area contributed by atoms with Crippen LogP contribution in [0.5, 0.6) is 11.6 Å². The number of nitrogens with zero attached hydrogens (tertiary/aromatic N) is 2. The average molecular weight is 376 g/mol. The maximum Gasteiger partial charge on any atom is 0.341 e. The second-order valence-electron chi connectivity index (χ2n) is 4.19. The van der Waals surface area contributed by atoms with E-state index >= 15 is 0 Å². The van der Waals surface area contributed by atoms with Crippen LogP contribution in [0.3, 0.4) is 0 Å². The maximum atomic E-state index is 13.5. The van der Waals surface area contributed by atoms with Crippen LogP contribution >= 0.6 is 27.5 Å². The van der Waals surface area contributed by atoms with Gasteiger partial charge in [0.15, 0.2) is 0 Å². The zero-order valence-electron chi connectivity index (χ0n) is 10.9. The minimum absolute atomic E-state index is 0.0527. The molecule has 0 aliphatic rings. The van der Waals surface area contributed by atoms with E-state index in [9.17, 15) is 14.3 Å². The predicted molar refractivity (Wildman–Crippen MR) is 77.6 cm³/mol.